The van der Waals surface area contributed by atoms with Crippen molar-refractivity contribution in [2.45, 2.75) is 38.9 Å². The summed E-state index contributed by atoms with van der Waals surface area (Å²) in [6.07, 6.45) is 0.214. The smallest absolute Gasteiger partial charge is 0.273 e. The first-order chi connectivity index (χ1) is 9.52. The number of nitrogens with zero attached hydrogens (tertiary/aromatic N) is 1. The largest absolute Gasteiger partial charge is 0.486 e. The Bertz CT molecular complexity index is 528. The minimum absolute atomic E-state index is 0.0199. The number of aryl methyl sites for hydroxylation is 1. The fraction of sp³-hybridized carbons (Fsp3) is 0.500. The van der Waals surface area contributed by atoms with Crippen LogP contribution in [0.25, 0.3) is 0 Å². The molecule has 0 saturated heterocycles. The highest BCUT2D eigenvalue weighted by atomic mass is 16.6. The first-order valence-electron chi connectivity index (χ1n) is 6.59. The van der Waals surface area contributed by atoms with E-state index in [0.717, 1.165) is 12.0 Å². The van der Waals surface area contributed by atoms with Gasteiger partial charge < -0.3 is 9.47 Å². The van der Waals surface area contributed by atoms with Crippen LogP contribution in [0.2, 0.25) is 0 Å². The maximum absolute atomic E-state index is 11.5. The lowest BCUT2D eigenvalue weighted by molar-refractivity contribution is -0.385. The van der Waals surface area contributed by atoms with Crippen LogP contribution in [0.15, 0.2) is 18.2 Å². The molecule has 0 heterocycles. The molecule has 1 aromatic rings. The number of hydrogen-bond acceptors (Lipinski definition) is 5. The van der Waals surface area contributed by atoms with Crippen molar-refractivity contribution in [3.05, 3.63) is 33.9 Å². The lowest BCUT2D eigenvalue weighted by Gasteiger charge is -2.34. The second-order valence-corrected chi connectivity index (χ2v) is 4.83. The molecule has 6 nitrogen and oxygen atoms in total. The summed E-state index contributed by atoms with van der Waals surface area (Å²) in [5, 5.41) is 10.8. The van der Waals surface area contributed by atoms with E-state index in [0.29, 0.717) is 12.4 Å². The summed E-state index contributed by atoms with van der Waals surface area (Å²) in [6.45, 7) is 4.27. The fourth-order valence-electron chi connectivity index (χ4n) is 2.01. The van der Waals surface area contributed by atoms with Crippen molar-refractivity contribution in [2.75, 3.05) is 6.61 Å². The third-order valence-corrected chi connectivity index (χ3v) is 3.22. The van der Waals surface area contributed by atoms with Gasteiger partial charge in [-0.2, -0.15) is 0 Å². The van der Waals surface area contributed by atoms with Crippen LogP contribution in [0, 0.1) is 17.0 Å². The van der Waals surface area contributed by atoms with Gasteiger partial charge in [0, 0.05) is 19.1 Å². The van der Waals surface area contributed by atoms with Gasteiger partial charge in [0.25, 0.3) is 5.69 Å². The minimum atomic E-state index is -0.548. The number of carbonyl (C=O) groups excluding carboxylic acids is 1. The first kappa shape index (κ1) is 14.5. The zero-order chi connectivity index (χ0) is 14.7. The summed E-state index contributed by atoms with van der Waals surface area (Å²) < 4.78 is 11.1. The Morgan fingerprint density at radius 1 is 1.45 bits per heavy atom. The molecule has 20 heavy (non-hydrogen) atoms. The number of carbonyl (C=O) groups is 1. The summed E-state index contributed by atoms with van der Waals surface area (Å²) in [5.74, 6) is 0.452. The maximum Gasteiger partial charge on any atom is 0.273 e. The SMILES string of the molecule is CCCOC1C(=O)CC1Oc1cc([N+](=O)[O-])ccc1C. The number of non-ortho nitro benzene ring substituents is 1. The predicted molar refractivity (Wildman–Crippen MR) is 71.9 cm³/mol. The highest BCUT2D eigenvalue weighted by molar-refractivity contribution is 5.90. The Labute approximate surface area is 116 Å². The van der Waals surface area contributed by atoms with Crippen LogP contribution in [0.5, 0.6) is 5.75 Å². The van der Waals surface area contributed by atoms with Crippen LogP contribution in [0.3, 0.4) is 0 Å². The molecule has 0 N–H and O–H groups in total. The third kappa shape index (κ3) is 2.96. The topological polar surface area (TPSA) is 78.7 Å². The van der Waals surface area contributed by atoms with E-state index in [9.17, 15) is 14.9 Å². The van der Waals surface area contributed by atoms with Crippen molar-refractivity contribution in [2.24, 2.45) is 0 Å². The fourth-order valence-corrected chi connectivity index (χ4v) is 2.01. The molecule has 2 atom stereocenters. The molecule has 1 aliphatic carbocycles. The van der Waals surface area contributed by atoms with Crippen LogP contribution in [0.4, 0.5) is 5.69 Å². The highest BCUT2D eigenvalue weighted by Gasteiger charge is 2.42. The van der Waals surface area contributed by atoms with E-state index in [2.05, 4.69) is 0 Å². The van der Waals surface area contributed by atoms with E-state index in [-0.39, 0.29) is 24.0 Å². The van der Waals surface area contributed by atoms with Gasteiger partial charge >= 0.3 is 0 Å². The van der Waals surface area contributed by atoms with Crippen LogP contribution >= 0.6 is 0 Å². The van der Waals surface area contributed by atoms with Gasteiger partial charge in [0.2, 0.25) is 0 Å². The molecule has 0 aromatic heterocycles. The van der Waals surface area contributed by atoms with E-state index in [1.807, 2.05) is 6.92 Å². The van der Waals surface area contributed by atoms with Gasteiger partial charge in [0.15, 0.2) is 11.9 Å². The van der Waals surface area contributed by atoms with Crippen molar-refractivity contribution in [1.29, 1.82) is 0 Å². The van der Waals surface area contributed by atoms with E-state index in [4.69, 9.17) is 9.47 Å². The standard InChI is InChI=1S/C14H17NO5/c1-3-6-19-14-11(16)8-13(14)20-12-7-10(15(17)18)5-4-9(12)2/h4-5,7,13-14H,3,6,8H2,1-2H3. The molecule has 108 valence electrons. The maximum atomic E-state index is 11.5. The summed E-state index contributed by atoms with van der Waals surface area (Å²) in [4.78, 5) is 21.8. The number of hydrogen-bond donors (Lipinski definition) is 0. The molecule has 2 unspecified atom stereocenters. The highest BCUT2D eigenvalue weighted by Crippen LogP contribution is 2.30. The monoisotopic (exact) mass is 279 g/mol. The van der Waals surface area contributed by atoms with Crippen molar-refractivity contribution in [1.82, 2.24) is 0 Å². The molecule has 0 aliphatic heterocycles. The normalized spacial score (nSPS) is 21.4. The minimum Gasteiger partial charge on any atom is -0.486 e. The predicted octanol–water partition coefficient (Wildman–Crippen LogP) is 2.42. The molecular weight excluding hydrogens is 262 g/mol. The van der Waals surface area contributed by atoms with Crippen molar-refractivity contribution >= 4 is 11.5 Å². The Morgan fingerprint density at radius 2 is 2.20 bits per heavy atom. The Hall–Kier alpha value is -1.95. The number of Topliss-reactive ketones (excluding diaryl/α,β-unsaturated/α-hetero) is 1. The van der Waals surface area contributed by atoms with E-state index >= 15 is 0 Å². The van der Waals surface area contributed by atoms with Crippen LogP contribution in [-0.2, 0) is 9.53 Å². The molecular formula is C14H17NO5. The molecule has 0 radical (unpaired) electrons. The number of nitro groups is 1. The second-order valence-electron chi connectivity index (χ2n) is 4.83. The molecule has 1 aromatic carbocycles. The van der Waals surface area contributed by atoms with E-state index in [1.54, 1.807) is 13.0 Å². The van der Waals surface area contributed by atoms with Gasteiger partial charge in [0.1, 0.15) is 11.9 Å². The molecule has 1 saturated carbocycles. The zero-order valence-corrected chi connectivity index (χ0v) is 11.5. The van der Waals surface area contributed by atoms with Gasteiger partial charge in [0.05, 0.1) is 11.0 Å². The molecule has 6 heteroatoms. The molecule has 0 bridgehead atoms. The summed E-state index contributed by atoms with van der Waals surface area (Å²) in [6, 6.07) is 4.45. The van der Waals surface area contributed by atoms with Gasteiger partial charge in [-0.15, -0.1) is 0 Å². The van der Waals surface area contributed by atoms with Crippen molar-refractivity contribution in [3.63, 3.8) is 0 Å². The Morgan fingerprint density at radius 3 is 2.80 bits per heavy atom. The van der Waals surface area contributed by atoms with E-state index < -0.39 is 11.0 Å². The molecule has 1 fully saturated rings. The van der Waals surface area contributed by atoms with Gasteiger partial charge in [-0.1, -0.05) is 6.92 Å². The zero-order valence-electron chi connectivity index (χ0n) is 11.5. The quantitative estimate of drug-likeness (QED) is 0.590. The number of rotatable bonds is 6. The number of ether oxygens (including phenoxy) is 2. The summed E-state index contributed by atoms with van der Waals surface area (Å²) in [7, 11) is 0. The molecule has 2 rings (SSSR count). The number of nitro benzene ring substituents is 1. The summed E-state index contributed by atoms with van der Waals surface area (Å²) >= 11 is 0. The third-order valence-electron chi connectivity index (χ3n) is 3.22. The first-order valence-corrected chi connectivity index (χ1v) is 6.59. The van der Waals surface area contributed by atoms with Crippen LogP contribution in [0.1, 0.15) is 25.3 Å². The van der Waals surface area contributed by atoms with Gasteiger partial charge in [-0.3, -0.25) is 14.9 Å². The molecule has 0 amide bonds. The summed E-state index contributed by atoms with van der Waals surface area (Å²) in [5.41, 5.74) is 0.770. The van der Waals surface area contributed by atoms with E-state index in [1.165, 1.54) is 12.1 Å². The Kier molecular flexibility index (Phi) is 4.34. The van der Waals surface area contributed by atoms with Crippen LogP contribution < -0.4 is 4.74 Å². The number of benzene rings is 1. The van der Waals surface area contributed by atoms with Crippen LogP contribution in [-0.4, -0.2) is 29.5 Å². The molecule has 0 spiro atoms. The number of ketones is 1. The van der Waals surface area contributed by atoms with Gasteiger partial charge in [-0.05, 0) is 25.0 Å². The molecule has 1 aliphatic rings. The van der Waals surface area contributed by atoms with Crippen molar-refractivity contribution < 1.29 is 19.2 Å². The van der Waals surface area contributed by atoms with Crippen molar-refractivity contribution in [3.8, 4) is 5.75 Å². The lowest BCUT2D eigenvalue weighted by Crippen LogP contribution is -2.52. The van der Waals surface area contributed by atoms with Gasteiger partial charge in [-0.25, -0.2) is 0 Å². The average Bonchev–Trinajstić information content (AvgIpc) is 2.40. The average molecular weight is 279 g/mol. The Balaban J connectivity index is 2.08. The second kappa shape index (κ2) is 6.00. The lowest BCUT2D eigenvalue weighted by atomic mass is 9.90.